The van der Waals surface area contributed by atoms with Gasteiger partial charge in [0.05, 0.1) is 16.5 Å². The summed E-state index contributed by atoms with van der Waals surface area (Å²) in [4.78, 5) is 10.4. The molecule has 5 nitrogen and oxygen atoms in total. The molecule has 2 aromatic rings. The Morgan fingerprint density at radius 1 is 1.14 bits per heavy atom. The molecule has 2 rings (SSSR count). The van der Waals surface area contributed by atoms with Crippen molar-refractivity contribution in [3.8, 4) is 17.2 Å². The third kappa shape index (κ3) is 3.33. The van der Waals surface area contributed by atoms with Gasteiger partial charge in [0, 0.05) is 12.1 Å². The Morgan fingerprint density at radius 3 is 2.24 bits per heavy atom. The highest BCUT2D eigenvalue weighted by molar-refractivity contribution is 9.10. The molecule has 0 aliphatic rings. The summed E-state index contributed by atoms with van der Waals surface area (Å²) in [6.45, 7) is 3.57. The van der Waals surface area contributed by atoms with Crippen LogP contribution in [0.2, 0.25) is 0 Å². The Labute approximate surface area is 130 Å². The number of nitro groups is 1. The van der Waals surface area contributed by atoms with E-state index < -0.39 is 4.92 Å². The normalized spacial score (nSPS) is 10.3. The van der Waals surface area contributed by atoms with Gasteiger partial charge in [-0.3, -0.25) is 10.1 Å². The number of non-ortho nitro benzene ring substituents is 1. The van der Waals surface area contributed by atoms with Crippen molar-refractivity contribution in [1.82, 2.24) is 0 Å². The second-order valence-corrected chi connectivity index (χ2v) is 5.42. The minimum atomic E-state index is -0.409. The van der Waals surface area contributed by atoms with Crippen molar-refractivity contribution in [3.05, 3.63) is 56.0 Å². The number of benzene rings is 2. The molecule has 0 amide bonds. The minimum Gasteiger partial charge on any atom is -0.496 e. The Bertz CT molecular complexity index is 677. The minimum absolute atomic E-state index is 0.0632. The largest absolute Gasteiger partial charge is 0.496 e. The average molecular weight is 352 g/mol. The van der Waals surface area contributed by atoms with E-state index in [2.05, 4.69) is 15.9 Å². The molecule has 2 aromatic carbocycles. The summed E-state index contributed by atoms with van der Waals surface area (Å²) in [5.41, 5.74) is 1.50. The molecule has 0 radical (unpaired) electrons. The zero-order valence-electron chi connectivity index (χ0n) is 11.8. The number of rotatable bonds is 4. The topological polar surface area (TPSA) is 61.6 Å². The SMILES string of the molecule is COc1ccc(Oc2c(C)cc([N+](=O)[O-])cc2C)cc1Br. The van der Waals surface area contributed by atoms with E-state index in [1.54, 1.807) is 39.2 Å². The van der Waals surface area contributed by atoms with Crippen molar-refractivity contribution in [2.24, 2.45) is 0 Å². The zero-order valence-corrected chi connectivity index (χ0v) is 13.4. The van der Waals surface area contributed by atoms with Crippen LogP contribution in [0.5, 0.6) is 17.2 Å². The predicted molar refractivity (Wildman–Crippen MR) is 83.3 cm³/mol. The van der Waals surface area contributed by atoms with Gasteiger partial charge in [-0.1, -0.05) is 0 Å². The van der Waals surface area contributed by atoms with Gasteiger partial charge in [0.25, 0.3) is 5.69 Å². The van der Waals surface area contributed by atoms with Crippen molar-refractivity contribution in [2.45, 2.75) is 13.8 Å². The van der Waals surface area contributed by atoms with E-state index in [0.29, 0.717) is 28.4 Å². The van der Waals surface area contributed by atoms with Crippen molar-refractivity contribution in [3.63, 3.8) is 0 Å². The number of aryl methyl sites for hydroxylation is 2. The van der Waals surface area contributed by atoms with Crippen LogP contribution in [0.1, 0.15) is 11.1 Å². The highest BCUT2D eigenvalue weighted by atomic mass is 79.9. The average Bonchev–Trinajstić information content (AvgIpc) is 2.42. The van der Waals surface area contributed by atoms with Gasteiger partial charge in [0.1, 0.15) is 17.2 Å². The Balaban J connectivity index is 2.35. The highest BCUT2D eigenvalue weighted by Crippen LogP contribution is 2.35. The van der Waals surface area contributed by atoms with E-state index >= 15 is 0 Å². The first kappa shape index (κ1) is 15.3. The molecule has 0 aromatic heterocycles. The van der Waals surface area contributed by atoms with Crippen molar-refractivity contribution in [1.29, 1.82) is 0 Å². The molecule has 0 fully saturated rings. The van der Waals surface area contributed by atoms with Gasteiger partial charge in [0.15, 0.2) is 0 Å². The van der Waals surface area contributed by atoms with E-state index in [1.165, 1.54) is 12.1 Å². The summed E-state index contributed by atoms with van der Waals surface area (Å²) in [6.07, 6.45) is 0. The quantitative estimate of drug-likeness (QED) is 0.587. The molecule has 0 bridgehead atoms. The summed E-state index contributed by atoms with van der Waals surface area (Å²) in [7, 11) is 1.59. The van der Waals surface area contributed by atoms with Gasteiger partial charge in [0.2, 0.25) is 0 Å². The summed E-state index contributed by atoms with van der Waals surface area (Å²) >= 11 is 3.39. The second-order valence-electron chi connectivity index (χ2n) is 4.56. The molecule has 0 spiro atoms. The predicted octanol–water partition coefficient (Wildman–Crippen LogP) is 4.78. The number of nitrogens with zero attached hydrogens (tertiary/aromatic N) is 1. The standard InChI is InChI=1S/C15H14BrNO4/c1-9-6-11(17(18)19)7-10(2)15(9)21-12-4-5-14(20-3)13(16)8-12/h4-8H,1-3H3. The molecule has 0 unspecified atom stereocenters. The Kier molecular flexibility index (Phi) is 4.47. The van der Waals surface area contributed by atoms with Gasteiger partial charge in [-0.2, -0.15) is 0 Å². The summed E-state index contributed by atoms with van der Waals surface area (Å²) in [5, 5.41) is 10.8. The van der Waals surface area contributed by atoms with E-state index in [0.717, 1.165) is 4.47 Å². The number of hydrogen-bond acceptors (Lipinski definition) is 4. The lowest BCUT2D eigenvalue weighted by molar-refractivity contribution is -0.385. The van der Waals surface area contributed by atoms with Gasteiger partial charge in [-0.25, -0.2) is 0 Å². The molecular weight excluding hydrogens is 338 g/mol. The molecule has 0 saturated carbocycles. The first-order chi connectivity index (χ1) is 9.92. The fourth-order valence-corrected chi connectivity index (χ4v) is 2.54. The van der Waals surface area contributed by atoms with Gasteiger partial charge in [-0.15, -0.1) is 0 Å². The number of methoxy groups -OCH3 is 1. The van der Waals surface area contributed by atoms with Crippen LogP contribution in [-0.4, -0.2) is 12.0 Å². The van der Waals surface area contributed by atoms with Crippen LogP contribution in [-0.2, 0) is 0 Å². The molecule has 0 saturated heterocycles. The van der Waals surface area contributed by atoms with Crippen LogP contribution in [0.3, 0.4) is 0 Å². The monoisotopic (exact) mass is 351 g/mol. The summed E-state index contributed by atoms with van der Waals surface area (Å²) < 4.78 is 11.8. The third-order valence-corrected chi connectivity index (χ3v) is 3.62. The maximum atomic E-state index is 10.8. The molecule has 0 N–H and O–H groups in total. The molecule has 0 atom stereocenters. The fraction of sp³-hybridized carbons (Fsp3) is 0.200. The van der Waals surface area contributed by atoms with Gasteiger partial charge in [-0.05, 0) is 59.1 Å². The van der Waals surface area contributed by atoms with Crippen LogP contribution >= 0.6 is 15.9 Å². The number of hydrogen-bond donors (Lipinski definition) is 0. The third-order valence-electron chi connectivity index (χ3n) is 3.00. The van der Waals surface area contributed by atoms with Gasteiger partial charge >= 0.3 is 0 Å². The van der Waals surface area contributed by atoms with Gasteiger partial charge < -0.3 is 9.47 Å². The molecule has 110 valence electrons. The van der Waals surface area contributed by atoms with Crippen molar-refractivity contribution < 1.29 is 14.4 Å². The van der Waals surface area contributed by atoms with E-state index in [-0.39, 0.29) is 5.69 Å². The molecule has 0 aliphatic heterocycles. The Hall–Kier alpha value is -2.08. The lowest BCUT2D eigenvalue weighted by Gasteiger charge is -2.13. The molecule has 6 heteroatoms. The summed E-state index contributed by atoms with van der Waals surface area (Å²) in [5.74, 6) is 1.96. The van der Waals surface area contributed by atoms with E-state index in [1.807, 2.05) is 0 Å². The van der Waals surface area contributed by atoms with E-state index in [9.17, 15) is 10.1 Å². The maximum absolute atomic E-state index is 10.8. The van der Waals surface area contributed by atoms with Crippen molar-refractivity contribution in [2.75, 3.05) is 7.11 Å². The first-order valence-electron chi connectivity index (χ1n) is 6.19. The van der Waals surface area contributed by atoms with Crippen LogP contribution in [0.4, 0.5) is 5.69 Å². The smallest absolute Gasteiger partial charge is 0.270 e. The molecule has 0 heterocycles. The second kappa shape index (κ2) is 6.13. The van der Waals surface area contributed by atoms with Crippen molar-refractivity contribution >= 4 is 21.6 Å². The summed E-state index contributed by atoms with van der Waals surface area (Å²) in [6, 6.07) is 8.36. The lowest BCUT2D eigenvalue weighted by atomic mass is 10.1. The van der Waals surface area contributed by atoms with Crippen LogP contribution < -0.4 is 9.47 Å². The zero-order chi connectivity index (χ0) is 15.6. The Morgan fingerprint density at radius 2 is 1.76 bits per heavy atom. The van der Waals surface area contributed by atoms with Crippen LogP contribution in [0.15, 0.2) is 34.8 Å². The van der Waals surface area contributed by atoms with Crippen LogP contribution in [0.25, 0.3) is 0 Å². The maximum Gasteiger partial charge on any atom is 0.270 e. The molecule has 0 aliphatic carbocycles. The molecular formula is C15H14BrNO4. The number of nitro benzene ring substituents is 1. The highest BCUT2D eigenvalue weighted by Gasteiger charge is 2.14. The van der Waals surface area contributed by atoms with Crippen LogP contribution in [0, 0.1) is 24.0 Å². The number of ether oxygens (including phenoxy) is 2. The number of halogens is 1. The fourth-order valence-electron chi connectivity index (χ4n) is 2.02. The first-order valence-corrected chi connectivity index (χ1v) is 6.98. The molecule has 21 heavy (non-hydrogen) atoms. The van der Waals surface area contributed by atoms with E-state index in [4.69, 9.17) is 9.47 Å². The lowest BCUT2D eigenvalue weighted by Crippen LogP contribution is -1.95.